The molecule has 7 heteroatoms. The highest BCUT2D eigenvalue weighted by Crippen LogP contribution is 2.10. The summed E-state index contributed by atoms with van der Waals surface area (Å²) in [5.74, 6) is -2.67. The average Bonchev–Trinajstić information content (AvgIpc) is 2.48. The minimum atomic E-state index is -1.35. The monoisotopic (exact) mass is 285 g/mol. The second-order valence-electron chi connectivity index (χ2n) is 3.95. The third-order valence-corrected chi connectivity index (χ3v) is 2.54. The Bertz CT molecular complexity index is 698. The molecule has 0 spiro atoms. The Morgan fingerprint density at radius 2 is 1.76 bits per heavy atom. The highest BCUT2D eigenvalue weighted by atomic mass is 16.4. The Labute approximate surface area is 119 Å². The van der Waals surface area contributed by atoms with Gasteiger partial charge in [0.25, 0.3) is 0 Å². The summed E-state index contributed by atoms with van der Waals surface area (Å²) in [4.78, 5) is 26.1. The van der Waals surface area contributed by atoms with Crippen LogP contribution in [0.15, 0.2) is 53.8 Å². The van der Waals surface area contributed by atoms with Gasteiger partial charge in [-0.25, -0.2) is 14.6 Å². The lowest BCUT2D eigenvalue weighted by Crippen LogP contribution is -2.20. The van der Waals surface area contributed by atoms with Crippen molar-refractivity contribution in [2.24, 2.45) is 5.10 Å². The van der Waals surface area contributed by atoms with E-state index >= 15 is 0 Å². The van der Waals surface area contributed by atoms with Crippen LogP contribution < -0.4 is 5.43 Å². The number of carboxylic acid groups (broad SMARTS) is 2. The summed E-state index contributed by atoms with van der Waals surface area (Å²) in [6, 6.07) is 11.5. The number of hydrazone groups is 1. The van der Waals surface area contributed by atoms with Crippen molar-refractivity contribution < 1.29 is 19.8 Å². The largest absolute Gasteiger partial charge is 0.476 e. The molecule has 7 nitrogen and oxygen atoms in total. The number of hydrogen-bond acceptors (Lipinski definition) is 5. The van der Waals surface area contributed by atoms with Gasteiger partial charge in [0.1, 0.15) is 0 Å². The quantitative estimate of drug-likeness (QED) is 0.569. The molecule has 106 valence electrons. The molecule has 0 bridgehead atoms. The van der Waals surface area contributed by atoms with E-state index in [0.29, 0.717) is 5.69 Å². The van der Waals surface area contributed by atoms with E-state index < -0.39 is 17.7 Å². The van der Waals surface area contributed by atoms with E-state index in [1.165, 1.54) is 18.3 Å². The Hall–Kier alpha value is -3.22. The zero-order valence-electron chi connectivity index (χ0n) is 10.7. The van der Waals surface area contributed by atoms with Crippen LogP contribution in [0.5, 0.6) is 0 Å². The summed E-state index contributed by atoms with van der Waals surface area (Å²) >= 11 is 0. The van der Waals surface area contributed by atoms with E-state index in [9.17, 15) is 14.7 Å². The van der Waals surface area contributed by atoms with Gasteiger partial charge in [-0.1, -0.05) is 18.2 Å². The van der Waals surface area contributed by atoms with E-state index in [0.717, 1.165) is 0 Å². The fraction of sp³-hybridized carbons (Fsp3) is 0. The van der Waals surface area contributed by atoms with Crippen LogP contribution in [0, 0.1) is 0 Å². The topological polar surface area (TPSA) is 112 Å². The van der Waals surface area contributed by atoms with Gasteiger partial charge >= 0.3 is 11.9 Å². The van der Waals surface area contributed by atoms with Gasteiger partial charge < -0.3 is 10.2 Å². The Morgan fingerprint density at radius 1 is 1.05 bits per heavy atom. The number of aromatic nitrogens is 1. The molecular weight excluding hydrogens is 274 g/mol. The molecule has 2 aromatic rings. The summed E-state index contributed by atoms with van der Waals surface area (Å²) in [7, 11) is 0. The fourth-order valence-electron chi connectivity index (χ4n) is 1.62. The van der Waals surface area contributed by atoms with Gasteiger partial charge in [-0.05, 0) is 24.3 Å². The Balaban J connectivity index is 2.40. The van der Waals surface area contributed by atoms with Crippen molar-refractivity contribution in [1.82, 2.24) is 4.98 Å². The maximum Gasteiger partial charge on any atom is 0.357 e. The molecule has 1 heterocycles. The normalized spacial score (nSPS) is 11.0. The van der Waals surface area contributed by atoms with Crippen LogP contribution in [-0.2, 0) is 4.79 Å². The Kier molecular flexibility index (Phi) is 4.25. The van der Waals surface area contributed by atoms with E-state index in [4.69, 9.17) is 5.11 Å². The third-order valence-electron chi connectivity index (χ3n) is 2.54. The van der Waals surface area contributed by atoms with Crippen LogP contribution in [0.4, 0.5) is 5.69 Å². The lowest BCUT2D eigenvalue weighted by molar-refractivity contribution is -0.129. The fourth-order valence-corrected chi connectivity index (χ4v) is 1.62. The Morgan fingerprint density at radius 3 is 2.38 bits per heavy atom. The third kappa shape index (κ3) is 3.41. The number of pyridine rings is 1. The number of rotatable bonds is 5. The van der Waals surface area contributed by atoms with Crippen molar-refractivity contribution in [3.05, 3.63) is 59.9 Å². The SMILES string of the molecule is O=C(O)/C(=N\Nc1ccccc1)c1cccnc1C(=O)O. The van der Waals surface area contributed by atoms with Crippen LogP contribution in [0.1, 0.15) is 16.1 Å². The van der Waals surface area contributed by atoms with Crippen LogP contribution in [0.2, 0.25) is 0 Å². The van der Waals surface area contributed by atoms with E-state index in [1.54, 1.807) is 30.3 Å². The number of hydrogen-bond donors (Lipinski definition) is 3. The summed E-state index contributed by atoms with van der Waals surface area (Å²) in [5, 5.41) is 22.0. The lowest BCUT2D eigenvalue weighted by atomic mass is 10.1. The first-order chi connectivity index (χ1) is 10.1. The van der Waals surface area contributed by atoms with Crippen molar-refractivity contribution in [3.8, 4) is 0 Å². The van der Waals surface area contributed by atoms with Gasteiger partial charge in [0, 0.05) is 11.8 Å². The zero-order valence-corrected chi connectivity index (χ0v) is 10.7. The molecule has 0 aliphatic rings. The number of nitrogens with zero attached hydrogens (tertiary/aromatic N) is 2. The van der Waals surface area contributed by atoms with Crippen molar-refractivity contribution in [3.63, 3.8) is 0 Å². The summed E-state index contributed by atoms with van der Waals surface area (Å²) in [6.45, 7) is 0. The highest BCUT2D eigenvalue weighted by Gasteiger charge is 2.21. The number of nitrogens with one attached hydrogen (secondary N) is 1. The first-order valence-electron chi connectivity index (χ1n) is 5.90. The van der Waals surface area contributed by atoms with Gasteiger partial charge in [-0.15, -0.1) is 0 Å². The number of aromatic carboxylic acids is 1. The maximum absolute atomic E-state index is 11.3. The van der Waals surface area contributed by atoms with Gasteiger partial charge in [0.2, 0.25) is 0 Å². The molecule has 0 saturated heterocycles. The standard InChI is InChI=1S/C14H11N3O4/c18-13(19)11-10(7-4-8-15-11)12(14(20)21)17-16-9-5-2-1-3-6-9/h1-8,16H,(H,18,19)(H,20,21)/b17-12-. The zero-order chi connectivity index (χ0) is 15.2. The van der Waals surface area contributed by atoms with Gasteiger partial charge in [0.05, 0.1) is 5.69 Å². The van der Waals surface area contributed by atoms with Gasteiger partial charge in [-0.2, -0.15) is 5.10 Å². The number of carboxylic acids is 2. The summed E-state index contributed by atoms with van der Waals surface area (Å²) < 4.78 is 0. The van der Waals surface area contributed by atoms with Crippen molar-refractivity contribution in [2.45, 2.75) is 0 Å². The number of aliphatic carboxylic acids is 1. The van der Waals surface area contributed by atoms with E-state index in [1.807, 2.05) is 0 Å². The maximum atomic E-state index is 11.3. The molecule has 0 aliphatic carbocycles. The summed E-state index contributed by atoms with van der Waals surface area (Å²) in [5.41, 5.74) is 2.30. The predicted molar refractivity (Wildman–Crippen MR) is 75.4 cm³/mol. The second-order valence-corrected chi connectivity index (χ2v) is 3.95. The molecule has 0 amide bonds. The van der Waals surface area contributed by atoms with Crippen LogP contribution in [-0.4, -0.2) is 32.8 Å². The highest BCUT2D eigenvalue weighted by molar-refractivity contribution is 6.43. The molecular formula is C14H11N3O4. The van der Waals surface area contributed by atoms with Crippen LogP contribution in [0.25, 0.3) is 0 Å². The lowest BCUT2D eigenvalue weighted by Gasteiger charge is -2.06. The molecule has 1 aromatic heterocycles. The summed E-state index contributed by atoms with van der Waals surface area (Å²) in [6.07, 6.45) is 1.27. The molecule has 0 radical (unpaired) electrons. The minimum Gasteiger partial charge on any atom is -0.476 e. The second kappa shape index (κ2) is 6.29. The molecule has 3 N–H and O–H groups in total. The molecule has 0 unspecified atom stereocenters. The molecule has 0 aliphatic heterocycles. The first kappa shape index (κ1) is 14.2. The smallest absolute Gasteiger partial charge is 0.357 e. The predicted octanol–water partition coefficient (Wildman–Crippen LogP) is 1.68. The molecule has 1 aromatic carbocycles. The molecule has 2 rings (SSSR count). The molecule has 0 fully saturated rings. The van der Waals surface area contributed by atoms with Gasteiger partial charge in [-0.3, -0.25) is 5.43 Å². The van der Waals surface area contributed by atoms with Crippen molar-refractivity contribution >= 4 is 23.3 Å². The van der Waals surface area contributed by atoms with Crippen molar-refractivity contribution in [2.75, 3.05) is 5.43 Å². The number of anilines is 1. The minimum absolute atomic E-state index is 0.0686. The van der Waals surface area contributed by atoms with Crippen molar-refractivity contribution in [1.29, 1.82) is 0 Å². The van der Waals surface area contributed by atoms with Crippen LogP contribution >= 0.6 is 0 Å². The molecule has 21 heavy (non-hydrogen) atoms. The number of para-hydroxylation sites is 1. The average molecular weight is 285 g/mol. The number of carbonyl (C=O) groups is 2. The molecule has 0 saturated carbocycles. The number of benzene rings is 1. The molecule has 0 atom stereocenters. The van der Waals surface area contributed by atoms with E-state index in [2.05, 4.69) is 15.5 Å². The van der Waals surface area contributed by atoms with E-state index in [-0.39, 0.29) is 11.3 Å². The first-order valence-corrected chi connectivity index (χ1v) is 5.90. The van der Waals surface area contributed by atoms with Crippen LogP contribution in [0.3, 0.4) is 0 Å². The van der Waals surface area contributed by atoms with Gasteiger partial charge in [0.15, 0.2) is 11.4 Å².